The van der Waals surface area contributed by atoms with Gasteiger partial charge in [0.1, 0.15) is 11.4 Å². The summed E-state index contributed by atoms with van der Waals surface area (Å²) in [4.78, 5) is 112. The van der Waals surface area contributed by atoms with Crippen molar-refractivity contribution >= 4 is 47.1 Å². The Morgan fingerprint density at radius 3 is 1.93 bits per heavy atom. The third-order valence-corrected chi connectivity index (χ3v) is 14.8. The molecule has 75 heavy (non-hydrogen) atoms. The number of methoxy groups -OCH3 is 2. The van der Waals surface area contributed by atoms with E-state index in [1.54, 1.807) is 72.6 Å². The van der Waals surface area contributed by atoms with Crippen molar-refractivity contribution in [1.82, 2.24) is 20.0 Å². The van der Waals surface area contributed by atoms with Gasteiger partial charge in [0.25, 0.3) is 11.8 Å². The summed E-state index contributed by atoms with van der Waals surface area (Å²) in [5.41, 5.74) is -1.09. The molecule has 0 unspecified atom stereocenters. The fourth-order valence-electron chi connectivity index (χ4n) is 10.5. The van der Waals surface area contributed by atoms with Crippen LogP contribution >= 0.6 is 0 Å². The van der Waals surface area contributed by atoms with Crippen molar-refractivity contribution < 1.29 is 66.8 Å². The van der Waals surface area contributed by atoms with Crippen LogP contribution in [0.2, 0.25) is 0 Å². The van der Waals surface area contributed by atoms with E-state index in [-0.39, 0.29) is 125 Å². The number of benzene rings is 1. The molecule has 2 fully saturated rings. The number of likely N-dealkylation sites (tertiary alicyclic amines) is 1. The van der Waals surface area contributed by atoms with Crippen molar-refractivity contribution in [2.75, 3.05) is 74.0 Å². The smallest absolute Gasteiger partial charge is 0.310 e. The van der Waals surface area contributed by atoms with E-state index in [9.17, 15) is 38.4 Å². The van der Waals surface area contributed by atoms with Gasteiger partial charge in [-0.15, -0.1) is 0 Å². The highest BCUT2D eigenvalue weighted by atomic mass is 16.6. The topological polar surface area (TPSA) is 214 Å². The molecule has 18 nitrogen and oxygen atoms in total. The van der Waals surface area contributed by atoms with Gasteiger partial charge in [0.15, 0.2) is 5.78 Å². The molecule has 18 heteroatoms. The number of Topliss-reactive ketones (excluding diaryl/α,β-unsaturated/α-hetero) is 2. The number of hydrogen-bond donors (Lipinski definition) is 1. The van der Waals surface area contributed by atoms with Crippen LogP contribution in [-0.4, -0.2) is 171 Å². The summed E-state index contributed by atoms with van der Waals surface area (Å²) >= 11 is 0. The molecule has 1 aliphatic carbocycles. The van der Waals surface area contributed by atoms with Crippen LogP contribution in [0.5, 0.6) is 0 Å². The summed E-state index contributed by atoms with van der Waals surface area (Å²) in [5.74, 6) is -4.60. The predicted octanol–water partition coefficient (Wildman–Crippen LogP) is 5.70. The zero-order valence-electron chi connectivity index (χ0n) is 46.7. The molecule has 4 rings (SSSR count). The summed E-state index contributed by atoms with van der Waals surface area (Å²) in [6.07, 6.45) is 6.34. The van der Waals surface area contributed by atoms with Gasteiger partial charge in [-0.3, -0.25) is 43.3 Å². The highest BCUT2D eigenvalue weighted by molar-refractivity contribution is 6.12. The van der Waals surface area contributed by atoms with Gasteiger partial charge in [-0.1, -0.05) is 63.9 Å². The fraction of sp³-hybridized carbons (Fsp3) is 0.719. The van der Waals surface area contributed by atoms with Crippen LogP contribution in [-0.2, 0) is 73.2 Å². The number of ketones is 2. The Kier molecular flexibility index (Phi) is 25.2. The van der Waals surface area contributed by atoms with Gasteiger partial charge in [-0.25, -0.2) is 0 Å². The average molecular weight is 1050 g/mol. The van der Waals surface area contributed by atoms with Crippen molar-refractivity contribution in [3.8, 4) is 0 Å². The first kappa shape index (κ1) is 62.7. The molecule has 7 atom stereocenters. The molecule has 420 valence electrons. The first-order valence-corrected chi connectivity index (χ1v) is 27.0. The molecular weight excluding hydrogens is 965 g/mol. The third-order valence-electron chi connectivity index (χ3n) is 14.8. The number of amides is 5. The van der Waals surface area contributed by atoms with Crippen LogP contribution in [0.25, 0.3) is 0 Å². The number of carbonyl (C=O) groups excluding carboxylic acids is 8. The van der Waals surface area contributed by atoms with Crippen LogP contribution < -0.4 is 5.32 Å². The molecule has 2 heterocycles. The number of likely N-dealkylation sites (N-methyl/N-ethyl adjacent to an activating group) is 1. The maximum Gasteiger partial charge on any atom is 0.310 e. The third kappa shape index (κ3) is 19.3. The number of hydrogen-bond acceptors (Lipinski definition) is 14. The van der Waals surface area contributed by atoms with E-state index in [1.807, 2.05) is 44.2 Å². The zero-order valence-corrected chi connectivity index (χ0v) is 46.7. The van der Waals surface area contributed by atoms with Crippen LogP contribution in [0.1, 0.15) is 125 Å². The lowest BCUT2D eigenvalue weighted by Crippen LogP contribution is -2.55. The summed E-state index contributed by atoms with van der Waals surface area (Å²) in [6, 6.07) is 8.69. The number of nitrogens with one attached hydrogen (secondary N) is 1. The first-order valence-electron chi connectivity index (χ1n) is 27.0. The molecule has 0 radical (unpaired) electrons. The largest absolute Gasteiger partial charge is 0.460 e. The lowest BCUT2D eigenvalue weighted by molar-refractivity contribution is -0.161. The molecule has 1 N–H and O–H groups in total. The highest BCUT2D eigenvalue weighted by Gasteiger charge is 2.45. The molecule has 1 aromatic rings. The second kappa shape index (κ2) is 30.2. The van der Waals surface area contributed by atoms with E-state index < -0.39 is 59.2 Å². The van der Waals surface area contributed by atoms with Crippen molar-refractivity contribution in [3.05, 3.63) is 48.0 Å². The normalized spacial score (nSPS) is 18.7. The zero-order chi connectivity index (χ0) is 55.5. The molecule has 0 spiro atoms. The molecular formula is C57H88N4O14. The minimum absolute atomic E-state index is 0.00496. The summed E-state index contributed by atoms with van der Waals surface area (Å²) in [5, 5.41) is 2.83. The first-order chi connectivity index (χ1) is 35.5. The summed E-state index contributed by atoms with van der Waals surface area (Å²) < 4.78 is 34.5. The monoisotopic (exact) mass is 1050 g/mol. The molecule has 2 aliphatic heterocycles. The molecule has 3 aliphatic rings. The van der Waals surface area contributed by atoms with E-state index in [4.69, 9.17) is 28.4 Å². The number of ether oxygens (including phenoxy) is 6. The van der Waals surface area contributed by atoms with Crippen LogP contribution in [0, 0.1) is 29.6 Å². The predicted molar refractivity (Wildman–Crippen MR) is 281 cm³/mol. The van der Waals surface area contributed by atoms with Crippen molar-refractivity contribution in [1.29, 1.82) is 0 Å². The van der Waals surface area contributed by atoms with Crippen LogP contribution in [0.4, 0.5) is 0 Å². The van der Waals surface area contributed by atoms with Crippen molar-refractivity contribution in [3.63, 3.8) is 0 Å². The minimum atomic E-state index is -1.28. The lowest BCUT2D eigenvalue weighted by atomic mass is 9.82. The number of rotatable bonds is 33. The van der Waals surface area contributed by atoms with Crippen LogP contribution in [0.3, 0.4) is 0 Å². The Hall–Kier alpha value is -4.88. The minimum Gasteiger partial charge on any atom is -0.460 e. The standard InChI is InChI=1S/C57H88N4O14/c1-38(2)43(36-47(63)57(7,8)58-48(64)25-28-72-30-32-74-33-31-73-29-27-61-49(65)23-24-50(61)66)54(68)59(9)52(41-20-15-16-21-41)46(70-10)37-51(67)60-26-17-22-44(60)53(71-11)39(3)45(62)35-42(55(69)75-56(4,5)6)34-40-18-13-12-14-19-40/h12-14,18-19,23-24,38-39,41-44,46,52-53H,15-17,20-22,25-37H2,1-11H3,(H,58,64)/t39-,42+,43-,44-,46+,52-,53+/m0/s1. The van der Waals surface area contributed by atoms with Crippen molar-refractivity contribution in [2.45, 2.75) is 161 Å². The number of nitrogens with zero attached hydrogens (tertiary/aromatic N) is 3. The maximum atomic E-state index is 14.7. The SMILES string of the molecule is CO[C@H]([C@@H](C)C(=O)C[C@@H](Cc1ccccc1)C(=O)OC(C)(C)C)[C@@H]1CCCN1C(=O)C[C@@H](OC)[C@H](C1CCCC1)N(C)C(=O)[C@@H](CC(=O)C(C)(C)NC(=O)CCOCCOCCOCCN1C(=O)C=CC1=O)C(C)C. The number of carbonyl (C=O) groups is 8. The molecule has 0 aromatic heterocycles. The van der Waals surface area contributed by atoms with Gasteiger partial charge < -0.3 is 43.5 Å². The summed E-state index contributed by atoms with van der Waals surface area (Å²) in [6.45, 7) is 16.2. The maximum absolute atomic E-state index is 14.7. The Morgan fingerprint density at radius 1 is 0.760 bits per heavy atom. The lowest BCUT2D eigenvalue weighted by Gasteiger charge is -2.41. The molecule has 0 bridgehead atoms. The Balaban J connectivity index is 1.32. The second-order valence-electron chi connectivity index (χ2n) is 22.2. The van der Waals surface area contributed by atoms with Gasteiger partial charge in [0.2, 0.25) is 17.7 Å². The van der Waals surface area contributed by atoms with Gasteiger partial charge in [0.05, 0.1) is 88.4 Å². The van der Waals surface area contributed by atoms with E-state index in [0.29, 0.717) is 25.8 Å². The fourth-order valence-corrected chi connectivity index (χ4v) is 10.5. The number of esters is 1. The second-order valence-corrected chi connectivity index (χ2v) is 22.2. The van der Waals surface area contributed by atoms with Gasteiger partial charge in [-0.2, -0.15) is 0 Å². The van der Waals surface area contributed by atoms with Gasteiger partial charge in [0, 0.05) is 71.1 Å². The molecule has 1 saturated carbocycles. The molecule has 1 saturated heterocycles. The van der Waals surface area contributed by atoms with Crippen molar-refractivity contribution in [2.24, 2.45) is 29.6 Å². The van der Waals surface area contributed by atoms with Gasteiger partial charge >= 0.3 is 5.97 Å². The van der Waals surface area contributed by atoms with E-state index in [0.717, 1.165) is 36.1 Å². The quantitative estimate of drug-likeness (QED) is 0.0508. The summed E-state index contributed by atoms with van der Waals surface area (Å²) in [7, 11) is 4.86. The van der Waals surface area contributed by atoms with Gasteiger partial charge in [-0.05, 0) is 84.1 Å². The number of imide groups is 1. The van der Waals surface area contributed by atoms with E-state index >= 15 is 0 Å². The average Bonchev–Trinajstić information content (AvgIpc) is 4.14. The highest BCUT2D eigenvalue weighted by Crippen LogP contribution is 2.36. The Bertz CT molecular complexity index is 2060. The van der Waals surface area contributed by atoms with E-state index in [1.165, 1.54) is 12.2 Å². The molecule has 1 aromatic carbocycles. The van der Waals surface area contributed by atoms with Crippen LogP contribution in [0.15, 0.2) is 42.5 Å². The molecule has 5 amide bonds. The van der Waals surface area contributed by atoms with E-state index in [2.05, 4.69) is 5.32 Å². The Labute approximate surface area is 445 Å². The Morgan fingerprint density at radius 2 is 1.36 bits per heavy atom.